The lowest BCUT2D eigenvalue weighted by atomic mass is 10.3. The molecule has 2 aromatic heterocycles. The number of nitrogens with one attached hydrogen (secondary N) is 1. The van der Waals surface area contributed by atoms with Gasteiger partial charge in [0.2, 0.25) is 0 Å². The number of oxazole rings is 1. The molecule has 0 aliphatic heterocycles. The second kappa shape index (κ2) is 9.28. The second-order valence-corrected chi connectivity index (χ2v) is 3.78. The zero-order valence-corrected chi connectivity index (χ0v) is 12.5. The Morgan fingerprint density at radius 1 is 1.43 bits per heavy atom. The Balaban J connectivity index is 0.00000200. The summed E-state index contributed by atoms with van der Waals surface area (Å²) in [6, 6.07) is 2.77. The van der Waals surface area contributed by atoms with E-state index in [4.69, 9.17) is 10.2 Å². The number of halogens is 3. The predicted octanol–water partition coefficient (Wildman–Crippen LogP) is 1.48. The molecule has 3 N–H and O–H groups in total. The number of hydrogen-bond acceptors (Lipinski definition) is 5. The van der Waals surface area contributed by atoms with E-state index in [2.05, 4.69) is 15.3 Å². The zero-order valence-electron chi connectivity index (χ0n) is 10.9. The van der Waals surface area contributed by atoms with E-state index in [1.807, 2.05) is 0 Å². The van der Waals surface area contributed by atoms with Gasteiger partial charge in [0.1, 0.15) is 12.1 Å². The number of amides is 1. The molecule has 0 aliphatic rings. The van der Waals surface area contributed by atoms with Gasteiger partial charge < -0.3 is 15.5 Å². The summed E-state index contributed by atoms with van der Waals surface area (Å²) in [5, 5.41) is 2.52. The van der Waals surface area contributed by atoms with Crippen LogP contribution >= 0.6 is 24.8 Å². The summed E-state index contributed by atoms with van der Waals surface area (Å²) in [7, 11) is 0. The van der Waals surface area contributed by atoms with E-state index in [-0.39, 0.29) is 42.7 Å². The fourth-order valence-electron chi connectivity index (χ4n) is 1.46. The first-order valence-corrected chi connectivity index (χ1v) is 5.72. The molecule has 0 saturated carbocycles. The van der Waals surface area contributed by atoms with Crippen molar-refractivity contribution in [2.75, 3.05) is 6.54 Å². The first-order valence-electron chi connectivity index (χ1n) is 5.72. The molecule has 0 unspecified atom stereocenters. The number of carbonyl (C=O) groups excluding carboxylic acids is 1. The van der Waals surface area contributed by atoms with E-state index < -0.39 is 11.7 Å². The van der Waals surface area contributed by atoms with Gasteiger partial charge in [-0.05, 0) is 12.1 Å². The maximum atomic E-state index is 13.3. The third-order valence-corrected chi connectivity index (χ3v) is 2.39. The largest absolute Gasteiger partial charge is 0.448 e. The van der Waals surface area contributed by atoms with Crippen LogP contribution in [0.25, 0.3) is 0 Å². The number of carbonyl (C=O) groups is 1. The van der Waals surface area contributed by atoms with Crippen molar-refractivity contribution in [1.29, 1.82) is 0 Å². The highest BCUT2D eigenvalue weighted by atomic mass is 35.5. The topological polar surface area (TPSA) is 94.0 Å². The minimum Gasteiger partial charge on any atom is -0.448 e. The molecular weight excluding hydrogens is 322 g/mol. The Hall–Kier alpha value is -1.70. The lowest BCUT2D eigenvalue weighted by Gasteiger charge is -2.02. The molecule has 0 radical (unpaired) electrons. The summed E-state index contributed by atoms with van der Waals surface area (Å²) in [5.74, 6) is -0.513. The first kappa shape index (κ1) is 19.3. The minimum atomic E-state index is -0.466. The summed E-state index contributed by atoms with van der Waals surface area (Å²) in [5.41, 5.74) is 5.65. The lowest BCUT2D eigenvalue weighted by Crippen LogP contribution is -2.24. The van der Waals surface area contributed by atoms with Gasteiger partial charge in [0.05, 0.1) is 12.2 Å². The molecule has 9 heteroatoms. The van der Waals surface area contributed by atoms with Crippen molar-refractivity contribution >= 4 is 30.7 Å². The molecule has 0 bridgehead atoms. The van der Waals surface area contributed by atoms with Gasteiger partial charge in [-0.2, -0.15) is 0 Å². The normalized spacial score (nSPS) is 9.43. The first-order chi connectivity index (χ1) is 9.20. The van der Waals surface area contributed by atoms with Crippen LogP contribution < -0.4 is 11.1 Å². The molecule has 0 fully saturated rings. The Morgan fingerprint density at radius 3 is 2.86 bits per heavy atom. The van der Waals surface area contributed by atoms with Crippen LogP contribution in [0.1, 0.15) is 22.1 Å². The van der Waals surface area contributed by atoms with Crippen LogP contribution in [0.15, 0.2) is 29.0 Å². The summed E-state index contributed by atoms with van der Waals surface area (Å²) < 4.78 is 18.3. The van der Waals surface area contributed by atoms with Crippen molar-refractivity contribution in [3.05, 3.63) is 47.7 Å². The maximum absolute atomic E-state index is 13.3. The minimum absolute atomic E-state index is 0. The lowest BCUT2D eigenvalue weighted by molar-refractivity contribution is 0.0945. The highest BCUT2D eigenvalue weighted by Crippen LogP contribution is 2.04. The SMILES string of the molecule is Cl.Cl.NCCc1nc(C(=O)NCc2ncccc2F)co1. The Kier molecular flexibility index (Phi) is 8.52. The number of rotatable bonds is 5. The fraction of sp³-hybridized carbons (Fsp3) is 0.250. The maximum Gasteiger partial charge on any atom is 0.273 e. The van der Waals surface area contributed by atoms with Crippen molar-refractivity contribution in [2.24, 2.45) is 5.73 Å². The van der Waals surface area contributed by atoms with Crippen molar-refractivity contribution < 1.29 is 13.6 Å². The van der Waals surface area contributed by atoms with Crippen LogP contribution in [-0.4, -0.2) is 22.4 Å². The average molecular weight is 337 g/mol. The van der Waals surface area contributed by atoms with Gasteiger partial charge >= 0.3 is 0 Å². The quantitative estimate of drug-likeness (QED) is 0.862. The summed E-state index contributed by atoms with van der Waals surface area (Å²) in [6.45, 7) is 0.380. The van der Waals surface area contributed by atoms with Gasteiger partial charge in [0.25, 0.3) is 5.91 Å². The summed E-state index contributed by atoms with van der Waals surface area (Å²) in [6.07, 6.45) is 3.16. The van der Waals surface area contributed by atoms with Gasteiger partial charge in [0.15, 0.2) is 11.6 Å². The molecule has 1 amide bonds. The molecule has 2 rings (SSSR count). The van der Waals surface area contributed by atoms with Gasteiger partial charge in [0, 0.05) is 19.2 Å². The molecule has 0 aliphatic carbocycles. The Bertz CT molecular complexity index is 580. The van der Waals surface area contributed by atoms with E-state index in [1.165, 1.54) is 24.6 Å². The molecule has 6 nitrogen and oxygen atoms in total. The average Bonchev–Trinajstić information content (AvgIpc) is 2.87. The molecule has 0 spiro atoms. The van der Waals surface area contributed by atoms with Crippen LogP contribution in [0.3, 0.4) is 0 Å². The third kappa shape index (κ3) is 5.30. The molecule has 21 heavy (non-hydrogen) atoms. The van der Waals surface area contributed by atoms with E-state index in [9.17, 15) is 9.18 Å². The number of nitrogens with two attached hydrogens (primary N) is 1. The molecule has 0 aromatic carbocycles. The standard InChI is InChI=1S/C12H13FN4O2.2ClH/c13-8-2-1-5-15-9(8)6-16-12(18)10-7-19-11(17-10)3-4-14;;/h1-2,5,7H,3-4,6,14H2,(H,16,18);2*1H. The van der Waals surface area contributed by atoms with E-state index in [0.29, 0.717) is 18.9 Å². The van der Waals surface area contributed by atoms with Gasteiger partial charge in [-0.3, -0.25) is 9.78 Å². The third-order valence-electron chi connectivity index (χ3n) is 2.39. The molecule has 116 valence electrons. The molecule has 2 aromatic rings. The number of pyridine rings is 1. The van der Waals surface area contributed by atoms with Crippen LogP contribution in [-0.2, 0) is 13.0 Å². The van der Waals surface area contributed by atoms with Gasteiger partial charge in [-0.1, -0.05) is 0 Å². The molecule has 2 heterocycles. The molecule has 0 atom stereocenters. The van der Waals surface area contributed by atoms with Crippen molar-refractivity contribution in [1.82, 2.24) is 15.3 Å². The van der Waals surface area contributed by atoms with Crippen molar-refractivity contribution in [3.8, 4) is 0 Å². The van der Waals surface area contributed by atoms with Gasteiger partial charge in [-0.15, -0.1) is 24.8 Å². The predicted molar refractivity (Wildman–Crippen MR) is 79.1 cm³/mol. The van der Waals surface area contributed by atoms with Crippen molar-refractivity contribution in [2.45, 2.75) is 13.0 Å². The van der Waals surface area contributed by atoms with E-state index in [0.717, 1.165) is 0 Å². The Morgan fingerprint density at radius 2 is 2.19 bits per heavy atom. The van der Waals surface area contributed by atoms with Crippen LogP contribution in [0.2, 0.25) is 0 Å². The fourth-order valence-corrected chi connectivity index (χ4v) is 1.46. The van der Waals surface area contributed by atoms with Crippen LogP contribution in [0.4, 0.5) is 4.39 Å². The monoisotopic (exact) mass is 336 g/mol. The second-order valence-electron chi connectivity index (χ2n) is 3.78. The van der Waals surface area contributed by atoms with E-state index in [1.54, 1.807) is 0 Å². The molecular formula is C12H15Cl2FN4O2. The van der Waals surface area contributed by atoms with Crippen LogP contribution in [0, 0.1) is 5.82 Å². The Labute approximate surface area is 133 Å². The highest BCUT2D eigenvalue weighted by molar-refractivity contribution is 5.91. The zero-order chi connectivity index (χ0) is 13.7. The summed E-state index contributed by atoms with van der Waals surface area (Å²) in [4.78, 5) is 19.5. The highest BCUT2D eigenvalue weighted by Gasteiger charge is 2.12. The number of hydrogen-bond donors (Lipinski definition) is 2. The van der Waals surface area contributed by atoms with E-state index >= 15 is 0 Å². The smallest absolute Gasteiger partial charge is 0.273 e. The number of nitrogens with zero attached hydrogens (tertiary/aromatic N) is 2. The molecule has 0 saturated heterocycles. The van der Waals surface area contributed by atoms with Crippen LogP contribution in [0.5, 0.6) is 0 Å². The summed E-state index contributed by atoms with van der Waals surface area (Å²) >= 11 is 0. The van der Waals surface area contributed by atoms with Gasteiger partial charge in [-0.25, -0.2) is 9.37 Å². The van der Waals surface area contributed by atoms with Crippen molar-refractivity contribution in [3.63, 3.8) is 0 Å². The number of aromatic nitrogens is 2.